The van der Waals surface area contributed by atoms with Crippen molar-refractivity contribution in [3.8, 4) is 5.75 Å². The van der Waals surface area contributed by atoms with E-state index in [2.05, 4.69) is 6.92 Å². The van der Waals surface area contributed by atoms with Crippen LogP contribution in [-0.4, -0.2) is 31.2 Å². The second kappa shape index (κ2) is 7.98. The van der Waals surface area contributed by atoms with Gasteiger partial charge in [-0.1, -0.05) is 19.1 Å². The maximum absolute atomic E-state index is 10.9. The lowest BCUT2D eigenvalue weighted by Crippen LogP contribution is -3.13. The van der Waals surface area contributed by atoms with Crippen LogP contribution >= 0.6 is 0 Å². The average Bonchev–Trinajstić information content (AvgIpc) is 2.49. The molecule has 5 nitrogen and oxygen atoms in total. The molecule has 1 aliphatic rings. The van der Waals surface area contributed by atoms with Crippen molar-refractivity contribution < 1.29 is 14.6 Å². The van der Waals surface area contributed by atoms with Crippen molar-refractivity contribution in [2.24, 2.45) is 5.92 Å². The maximum atomic E-state index is 10.9. The van der Waals surface area contributed by atoms with E-state index in [1.165, 1.54) is 38.5 Å². The highest BCUT2D eigenvalue weighted by molar-refractivity contribution is 5.45. The molecule has 0 aromatic heterocycles. The van der Waals surface area contributed by atoms with E-state index >= 15 is 0 Å². The van der Waals surface area contributed by atoms with E-state index in [4.69, 9.17) is 4.74 Å². The van der Waals surface area contributed by atoms with Crippen molar-refractivity contribution in [2.45, 2.75) is 32.6 Å². The molecule has 21 heavy (non-hydrogen) atoms. The molecule has 0 spiro atoms. The van der Waals surface area contributed by atoms with Crippen LogP contribution in [0.3, 0.4) is 0 Å². The van der Waals surface area contributed by atoms with Gasteiger partial charge in [0, 0.05) is 6.07 Å². The number of para-hydroxylation sites is 2. The summed E-state index contributed by atoms with van der Waals surface area (Å²) >= 11 is 0. The van der Waals surface area contributed by atoms with Crippen molar-refractivity contribution in [2.75, 3.05) is 26.2 Å². The summed E-state index contributed by atoms with van der Waals surface area (Å²) in [4.78, 5) is 12.2. The van der Waals surface area contributed by atoms with Gasteiger partial charge in [-0.25, -0.2) is 0 Å². The van der Waals surface area contributed by atoms with Crippen LogP contribution in [0.25, 0.3) is 0 Å². The van der Waals surface area contributed by atoms with Gasteiger partial charge in [-0.3, -0.25) is 10.1 Å². The number of nitrogens with zero attached hydrogens (tertiary/aromatic N) is 1. The summed E-state index contributed by atoms with van der Waals surface area (Å²) in [6.07, 6.45) is 4.74. The summed E-state index contributed by atoms with van der Waals surface area (Å²) in [6, 6.07) is 6.57. The van der Waals surface area contributed by atoms with E-state index in [0.29, 0.717) is 12.4 Å². The molecule has 0 unspecified atom stereocenters. The predicted octanol–water partition coefficient (Wildman–Crippen LogP) is 2.07. The molecule has 1 fully saturated rings. The number of quaternary nitrogens is 1. The Balaban J connectivity index is 1.65. The number of piperidine rings is 1. The van der Waals surface area contributed by atoms with Gasteiger partial charge in [-0.15, -0.1) is 0 Å². The minimum Gasteiger partial charge on any atom is -0.487 e. The first-order valence-corrected chi connectivity index (χ1v) is 7.86. The Labute approximate surface area is 126 Å². The van der Waals surface area contributed by atoms with Gasteiger partial charge in [-0.2, -0.15) is 0 Å². The zero-order valence-corrected chi connectivity index (χ0v) is 12.7. The van der Waals surface area contributed by atoms with E-state index in [-0.39, 0.29) is 5.69 Å². The van der Waals surface area contributed by atoms with Gasteiger partial charge in [0.1, 0.15) is 0 Å². The normalized spacial score (nSPS) is 22.0. The van der Waals surface area contributed by atoms with Crippen LogP contribution < -0.4 is 9.64 Å². The minimum atomic E-state index is -0.394. The molecule has 1 aromatic carbocycles. The largest absolute Gasteiger partial charge is 0.487 e. The summed E-state index contributed by atoms with van der Waals surface area (Å²) in [6.45, 7) is 6.64. The Morgan fingerprint density at radius 3 is 2.71 bits per heavy atom. The molecule has 0 amide bonds. The number of rotatable bonds is 7. The molecular formula is C16H25N2O3+. The molecule has 0 aliphatic carbocycles. The van der Waals surface area contributed by atoms with Crippen LogP contribution in [0.5, 0.6) is 5.75 Å². The number of ether oxygens (including phenoxy) is 1. The number of hydrogen-bond donors (Lipinski definition) is 1. The van der Waals surface area contributed by atoms with Crippen molar-refractivity contribution in [1.29, 1.82) is 0 Å². The van der Waals surface area contributed by atoms with Crippen LogP contribution in [-0.2, 0) is 0 Å². The topological polar surface area (TPSA) is 56.8 Å². The first kappa shape index (κ1) is 15.8. The van der Waals surface area contributed by atoms with Gasteiger partial charge < -0.3 is 9.64 Å². The standard InChI is InChI=1S/C16H24N2O3/c1-14-8-11-17(12-9-14)10-4-5-13-21-16-7-3-2-6-15(16)18(19)20/h2-3,6-7,14H,4-5,8-13H2,1H3/p+1. The van der Waals surface area contributed by atoms with E-state index in [9.17, 15) is 10.1 Å². The smallest absolute Gasteiger partial charge is 0.310 e. The fourth-order valence-electron chi connectivity index (χ4n) is 2.81. The highest BCUT2D eigenvalue weighted by atomic mass is 16.6. The monoisotopic (exact) mass is 293 g/mol. The number of nitrogens with one attached hydrogen (secondary N) is 1. The van der Waals surface area contributed by atoms with E-state index < -0.39 is 4.92 Å². The molecule has 0 saturated carbocycles. The summed E-state index contributed by atoms with van der Waals surface area (Å²) in [5, 5.41) is 10.9. The molecule has 116 valence electrons. The average molecular weight is 293 g/mol. The molecule has 5 heteroatoms. The Morgan fingerprint density at radius 1 is 1.29 bits per heavy atom. The maximum Gasteiger partial charge on any atom is 0.310 e. The highest BCUT2D eigenvalue weighted by Gasteiger charge is 2.18. The second-order valence-corrected chi connectivity index (χ2v) is 5.96. The van der Waals surface area contributed by atoms with Gasteiger partial charge in [0.05, 0.1) is 31.2 Å². The summed E-state index contributed by atoms with van der Waals surface area (Å²) < 4.78 is 5.55. The number of likely N-dealkylation sites (tertiary alicyclic amines) is 1. The first-order chi connectivity index (χ1) is 10.2. The third kappa shape index (κ3) is 5.01. The molecule has 0 atom stereocenters. The minimum absolute atomic E-state index is 0.0492. The third-order valence-corrected chi connectivity index (χ3v) is 4.23. The van der Waals surface area contributed by atoms with Gasteiger partial charge in [-0.05, 0) is 37.7 Å². The molecule has 0 radical (unpaired) electrons. The summed E-state index contributed by atoms with van der Waals surface area (Å²) in [5.41, 5.74) is 0.0492. The van der Waals surface area contributed by atoms with E-state index in [1.54, 1.807) is 23.1 Å². The van der Waals surface area contributed by atoms with Crippen LogP contribution in [0.15, 0.2) is 24.3 Å². The SMILES string of the molecule is CC1CC[NH+](CCCCOc2ccccc2[N+](=O)[O-])CC1. The number of unbranched alkanes of at least 4 members (excludes halogenated alkanes) is 1. The molecule has 1 heterocycles. The highest BCUT2D eigenvalue weighted by Crippen LogP contribution is 2.25. The lowest BCUT2D eigenvalue weighted by molar-refractivity contribution is -0.906. The molecular weight excluding hydrogens is 268 g/mol. The lowest BCUT2D eigenvalue weighted by Gasteiger charge is -2.27. The van der Waals surface area contributed by atoms with Crippen molar-refractivity contribution >= 4 is 5.69 Å². The number of nitro groups is 1. The third-order valence-electron chi connectivity index (χ3n) is 4.23. The lowest BCUT2D eigenvalue weighted by atomic mass is 9.99. The molecule has 1 N–H and O–H groups in total. The van der Waals surface area contributed by atoms with Crippen LogP contribution in [0.1, 0.15) is 32.6 Å². The van der Waals surface area contributed by atoms with Gasteiger partial charge in [0.2, 0.25) is 0 Å². The number of nitro benzene ring substituents is 1. The van der Waals surface area contributed by atoms with Crippen LogP contribution in [0.4, 0.5) is 5.69 Å². The Hall–Kier alpha value is -1.62. The molecule has 1 saturated heterocycles. The summed E-state index contributed by atoms with van der Waals surface area (Å²) in [5.74, 6) is 1.26. The zero-order valence-electron chi connectivity index (χ0n) is 12.7. The number of benzene rings is 1. The predicted molar refractivity (Wildman–Crippen MR) is 81.8 cm³/mol. The van der Waals surface area contributed by atoms with Gasteiger partial charge >= 0.3 is 5.69 Å². The molecule has 1 aliphatic heterocycles. The summed E-state index contributed by atoms with van der Waals surface area (Å²) in [7, 11) is 0. The second-order valence-electron chi connectivity index (χ2n) is 5.96. The fraction of sp³-hybridized carbons (Fsp3) is 0.625. The van der Waals surface area contributed by atoms with Crippen molar-refractivity contribution in [1.82, 2.24) is 0 Å². The Kier molecular flexibility index (Phi) is 5.99. The number of hydrogen-bond acceptors (Lipinski definition) is 3. The van der Waals surface area contributed by atoms with Gasteiger partial charge in [0.15, 0.2) is 5.75 Å². The van der Waals surface area contributed by atoms with E-state index in [0.717, 1.165) is 18.8 Å². The van der Waals surface area contributed by atoms with E-state index in [1.807, 2.05) is 0 Å². The quantitative estimate of drug-likeness (QED) is 0.476. The molecule has 1 aromatic rings. The Bertz CT molecular complexity index is 457. The molecule has 2 rings (SSSR count). The first-order valence-electron chi connectivity index (χ1n) is 7.86. The van der Waals surface area contributed by atoms with Gasteiger partial charge in [0.25, 0.3) is 0 Å². The fourth-order valence-corrected chi connectivity index (χ4v) is 2.81. The Morgan fingerprint density at radius 2 is 2.00 bits per heavy atom. The van der Waals surface area contributed by atoms with Crippen LogP contribution in [0, 0.1) is 16.0 Å². The zero-order chi connectivity index (χ0) is 15.1. The van der Waals surface area contributed by atoms with Crippen LogP contribution in [0.2, 0.25) is 0 Å². The van der Waals surface area contributed by atoms with Crippen molar-refractivity contribution in [3.05, 3.63) is 34.4 Å². The van der Waals surface area contributed by atoms with Crippen molar-refractivity contribution in [3.63, 3.8) is 0 Å². The molecule has 0 bridgehead atoms.